The SMILES string of the molecule is CN(CCO)S(=O)(=O)CC1CCCNC1. The van der Waals surface area contributed by atoms with Gasteiger partial charge in [0, 0.05) is 13.6 Å². The molecule has 1 unspecified atom stereocenters. The molecular weight excluding hydrogens is 216 g/mol. The van der Waals surface area contributed by atoms with Crippen molar-refractivity contribution in [1.29, 1.82) is 0 Å². The summed E-state index contributed by atoms with van der Waals surface area (Å²) < 4.78 is 24.8. The molecule has 0 saturated carbocycles. The van der Waals surface area contributed by atoms with Crippen LogP contribution in [0.3, 0.4) is 0 Å². The van der Waals surface area contributed by atoms with Crippen molar-refractivity contribution in [3.05, 3.63) is 0 Å². The molecule has 0 aromatic heterocycles. The van der Waals surface area contributed by atoms with Gasteiger partial charge in [0.2, 0.25) is 10.0 Å². The van der Waals surface area contributed by atoms with Gasteiger partial charge in [-0.2, -0.15) is 0 Å². The Morgan fingerprint density at radius 1 is 1.53 bits per heavy atom. The third kappa shape index (κ3) is 4.06. The van der Waals surface area contributed by atoms with Crippen LogP contribution in [0.25, 0.3) is 0 Å². The number of sulfonamides is 1. The van der Waals surface area contributed by atoms with Crippen molar-refractivity contribution in [2.45, 2.75) is 12.8 Å². The summed E-state index contributed by atoms with van der Waals surface area (Å²) >= 11 is 0. The quantitative estimate of drug-likeness (QED) is 0.658. The molecule has 2 N–H and O–H groups in total. The van der Waals surface area contributed by atoms with Gasteiger partial charge in [0.25, 0.3) is 0 Å². The first kappa shape index (κ1) is 12.9. The lowest BCUT2D eigenvalue weighted by Crippen LogP contribution is -2.39. The monoisotopic (exact) mass is 236 g/mol. The van der Waals surface area contributed by atoms with Crippen LogP contribution in [0, 0.1) is 5.92 Å². The number of piperidine rings is 1. The number of hydrogen-bond acceptors (Lipinski definition) is 4. The lowest BCUT2D eigenvalue weighted by molar-refractivity contribution is 0.265. The molecule has 6 heteroatoms. The van der Waals surface area contributed by atoms with E-state index < -0.39 is 10.0 Å². The minimum atomic E-state index is -3.19. The Hall–Kier alpha value is -0.170. The van der Waals surface area contributed by atoms with Crippen molar-refractivity contribution in [1.82, 2.24) is 9.62 Å². The Balaban J connectivity index is 2.47. The molecule has 15 heavy (non-hydrogen) atoms. The van der Waals surface area contributed by atoms with E-state index >= 15 is 0 Å². The maximum absolute atomic E-state index is 11.8. The van der Waals surface area contributed by atoms with Crippen LogP contribution in [0.4, 0.5) is 0 Å². The minimum Gasteiger partial charge on any atom is -0.395 e. The highest BCUT2D eigenvalue weighted by Gasteiger charge is 2.24. The maximum atomic E-state index is 11.8. The minimum absolute atomic E-state index is 0.126. The van der Waals surface area contributed by atoms with Crippen molar-refractivity contribution < 1.29 is 13.5 Å². The first-order chi connectivity index (χ1) is 7.06. The molecule has 5 nitrogen and oxygen atoms in total. The largest absolute Gasteiger partial charge is 0.395 e. The van der Waals surface area contributed by atoms with E-state index in [4.69, 9.17) is 5.11 Å². The Labute approximate surface area is 91.5 Å². The van der Waals surface area contributed by atoms with Gasteiger partial charge in [-0.3, -0.25) is 0 Å². The lowest BCUT2D eigenvalue weighted by atomic mass is 10.0. The van der Waals surface area contributed by atoms with Gasteiger partial charge in [-0.15, -0.1) is 0 Å². The van der Waals surface area contributed by atoms with Crippen LogP contribution in [0.15, 0.2) is 0 Å². The summed E-state index contributed by atoms with van der Waals surface area (Å²) in [6.07, 6.45) is 2.02. The Kier molecular flexibility index (Phi) is 4.98. The van der Waals surface area contributed by atoms with E-state index in [1.54, 1.807) is 0 Å². The fourth-order valence-corrected chi connectivity index (χ4v) is 3.27. The van der Waals surface area contributed by atoms with Crippen LogP contribution in [-0.2, 0) is 10.0 Å². The van der Waals surface area contributed by atoms with Gasteiger partial charge in [-0.1, -0.05) is 0 Å². The van der Waals surface area contributed by atoms with E-state index in [-0.39, 0.29) is 24.8 Å². The average Bonchev–Trinajstić information content (AvgIpc) is 2.19. The zero-order chi connectivity index (χ0) is 11.3. The van der Waals surface area contributed by atoms with Gasteiger partial charge in [0.05, 0.1) is 12.4 Å². The van der Waals surface area contributed by atoms with E-state index in [1.165, 1.54) is 11.4 Å². The number of nitrogens with zero attached hydrogens (tertiary/aromatic N) is 1. The molecule has 1 heterocycles. The summed E-state index contributed by atoms with van der Waals surface area (Å²) in [5.41, 5.74) is 0. The number of likely N-dealkylation sites (N-methyl/N-ethyl adjacent to an activating group) is 1. The van der Waals surface area contributed by atoms with Gasteiger partial charge in [0.15, 0.2) is 0 Å². The second-order valence-corrected chi connectivity index (χ2v) is 6.16. The zero-order valence-corrected chi connectivity index (χ0v) is 9.96. The first-order valence-corrected chi connectivity index (χ1v) is 6.93. The van der Waals surface area contributed by atoms with Gasteiger partial charge >= 0.3 is 0 Å². The van der Waals surface area contributed by atoms with Crippen molar-refractivity contribution in [3.63, 3.8) is 0 Å². The van der Waals surface area contributed by atoms with Crippen LogP contribution in [-0.4, -0.2) is 56.9 Å². The third-order valence-electron chi connectivity index (χ3n) is 2.74. The van der Waals surface area contributed by atoms with E-state index in [9.17, 15) is 8.42 Å². The summed E-state index contributed by atoms with van der Waals surface area (Å²) in [6, 6.07) is 0. The van der Waals surface area contributed by atoms with Crippen LogP contribution >= 0.6 is 0 Å². The van der Waals surface area contributed by atoms with E-state index in [0.717, 1.165) is 25.9 Å². The standard InChI is InChI=1S/C9H20N2O3S/c1-11(5-6-12)15(13,14)8-9-3-2-4-10-7-9/h9-10,12H,2-8H2,1H3. The number of aliphatic hydroxyl groups excluding tert-OH is 1. The van der Waals surface area contributed by atoms with E-state index in [0.29, 0.717) is 0 Å². The van der Waals surface area contributed by atoms with Crippen LogP contribution in [0.2, 0.25) is 0 Å². The molecule has 0 aromatic rings. The van der Waals surface area contributed by atoms with Crippen LogP contribution < -0.4 is 5.32 Å². The summed E-state index contributed by atoms with van der Waals surface area (Å²) in [5.74, 6) is 0.404. The number of rotatable bonds is 5. The molecule has 0 aliphatic carbocycles. The summed E-state index contributed by atoms with van der Waals surface area (Å²) in [5, 5.41) is 11.9. The molecule has 1 saturated heterocycles. The topological polar surface area (TPSA) is 69.6 Å². The molecule has 0 bridgehead atoms. The number of nitrogens with one attached hydrogen (secondary N) is 1. The van der Waals surface area contributed by atoms with Crippen molar-refractivity contribution in [3.8, 4) is 0 Å². The highest BCUT2D eigenvalue weighted by atomic mass is 32.2. The molecule has 1 atom stereocenters. The second kappa shape index (κ2) is 5.79. The Morgan fingerprint density at radius 3 is 2.80 bits per heavy atom. The summed E-state index contributed by atoms with van der Waals surface area (Å²) in [4.78, 5) is 0. The van der Waals surface area contributed by atoms with Gasteiger partial charge < -0.3 is 10.4 Å². The van der Waals surface area contributed by atoms with E-state index in [2.05, 4.69) is 5.32 Å². The van der Waals surface area contributed by atoms with Crippen LogP contribution in [0.1, 0.15) is 12.8 Å². The summed E-state index contributed by atoms with van der Waals surface area (Å²) in [6.45, 7) is 1.83. The predicted octanol–water partition coefficient (Wildman–Crippen LogP) is -0.760. The smallest absolute Gasteiger partial charge is 0.214 e. The average molecular weight is 236 g/mol. The van der Waals surface area contributed by atoms with Crippen LogP contribution in [0.5, 0.6) is 0 Å². The number of hydrogen-bond donors (Lipinski definition) is 2. The normalized spacial score (nSPS) is 23.3. The molecule has 1 aliphatic rings. The molecule has 1 fully saturated rings. The van der Waals surface area contributed by atoms with Crippen molar-refractivity contribution in [2.75, 3.05) is 39.0 Å². The molecule has 0 radical (unpaired) electrons. The molecule has 0 amide bonds. The van der Waals surface area contributed by atoms with Gasteiger partial charge in [0.1, 0.15) is 0 Å². The van der Waals surface area contributed by atoms with Gasteiger partial charge in [-0.05, 0) is 31.8 Å². The predicted molar refractivity (Wildman–Crippen MR) is 59.1 cm³/mol. The Bertz CT molecular complexity index is 273. The molecule has 0 aromatic carbocycles. The van der Waals surface area contributed by atoms with Gasteiger partial charge in [-0.25, -0.2) is 12.7 Å². The number of aliphatic hydroxyl groups is 1. The van der Waals surface area contributed by atoms with Crippen molar-refractivity contribution >= 4 is 10.0 Å². The molecule has 0 spiro atoms. The fourth-order valence-electron chi connectivity index (χ4n) is 1.77. The molecular formula is C9H20N2O3S. The molecule has 1 rings (SSSR count). The zero-order valence-electron chi connectivity index (χ0n) is 9.15. The lowest BCUT2D eigenvalue weighted by Gasteiger charge is -2.25. The van der Waals surface area contributed by atoms with Crippen molar-refractivity contribution in [2.24, 2.45) is 5.92 Å². The Morgan fingerprint density at radius 2 is 2.27 bits per heavy atom. The maximum Gasteiger partial charge on any atom is 0.214 e. The second-order valence-electron chi connectivity index (χ2n) is 4.04. The summed E-state index contributed by atoms with van der Waals surface area (Å²) in [7, 11) is -1.67. The third-order valence-corrected chi connectivity index (χ3v) is 4.76. The highest BCUT2D eigenvalue weighted by Crippen LogP contribution is 2.14. The molecule has 90 valence electrons. The first-order valence-electron chi connectivity index (χ1n) is 5.32. The van der Waals surface area contributed by atoms with E-state index in [1.807, 2.05) is 0 Å². The molecule has 1 aliphatic heterocycles. The fraction of sp³-hybridized carbons (Fsp3) is 1.00. The highest BCUT2D eigenvalue weighted by molar-refractivity contribution is 7.89.